The Morgan fingerprint density at radius 2 is 2.05 bits per heavy atom. The molecule has 3 rings (SSSR count). The van der Waals surface area contributed by atoms with Gasteiger partial charge in [-0.2, -0.15) is 17.0 Å². The number of nitrogens with zero attached hydrogens (tertiary/aromatic N) is 2. The summed E-state index contributed by atoms with van der Waals surface area (Å²) in [4.78, 5) is 0. The first kappa shape index (κ1) is 14.8. The fraction of sp³-hybridized carbons (Fsp3) is 0.600. The lowest BCUT2D eigenvalue weighted by Gasteiger charge is -2.36. The van der Waals surface area contributed by atoms with Crippen molar-refractivity contribution in [1.82, 2.24) is 8.61 Å². The van der Waals surface area contributed by atoms with E-state index in [0.717, 1.165) is 24.8 Å². The second-order valence-electron chi connectivity index (χ2n) is 6.18. The molecule has 2 heterocycles. The highest BCUT2D eigenvalue weighted by atomic mass is 32.2. The number of rotatable bonds is 2. The smallest absolute Gasteiger partial charge is 0.282 e. The van der Waals surface area contributed by atoms with Gasteiger partial charge in [-0.3, -0.25) is 0 Å². The molecule has 0 radical (unpaired) electrons. The van der Waals surface area contributed by atoms with Crippen molar-refractivity contribution in [1.29, 1.82) is 0 Å². The third-order valence-electron chi connectivity index (χ3n) is 4.55. The fourth-order valence-corrected chi connectivity index (χ4v) is 5.04. The largest absolute Gasteiger partial charge is 0.398 e. The minimum absolute atomic E-state index is 0.398. The summed E-state index contributed by atoms with van der Waals surface area (Å²) in [6.45, 7) is 4.33. The number of fused-ring (bicyclic) bond motifs is 1. The average Bonchev–Trinajstić information content (AvgIpc) is 2.47. The summed E-state index contributed by atoms with van der Waals surface area (Å²) in [6, 6.07) is 5.82. The van der Waals surface area contributed by atoms with E-state index in [2.05, 4.69) is 6.92 Å². The molecule has 1 aromatic carbocycles. The minimum Gasteiger partial charge on any atom is -0.398 e. The number of hydrogen-bond donors (Lipinski definition) is 1. The SMILES string of the molecule is CC1CCCN(S(=O)(=O)N2CCc3cccc(N)c3C2)C1. The summed E-state index contributed by atoms with van der Waals surface area (Å²) >= 11 is 0. The molecule has 2 aliphatic heterocycles. The summed E-state index contributed by atoms with van der Waals surface area (Å²) in [5.74, 6) is 0.440. The van der Waals surface area contributed by atoms with Gasteiger partial charge in [0.1, 0.15) is 0 Å². The molecule has 2 aliphatic rings. The monoisotopic (exact) mass is 309 g/mol. The Morgan fingerprint density at radius 1 is 1.24 bits per heavy atom. The summed E-state index contributed by atoms with van der Waals surface area (Å²) < 4.78 is 28.9. The highest BCUT2D eigenvalue weighted by Gasteiger charge is 2.34. The molecule has 0 bridgehead atoms. The van der Waals surface area contributed by atoms with Gasteiger partial charge in [0.15, 0.2) is 0 Å². The molecule has 21 heavy (non-hydrogen) atoms. The lowest BCUT2D eigenvalue weighted by molar-refractivity contribution is 0.253. The van der Waals surface area contributed by atoms with Gasteiger partial charge in [-0.05, 0) is 42.4 Å². The summed E-state index contributed by atoms with van der Waals surface area (Å²) in [5, 5.41) is 0. The molecule has 1 saturated heterocycles. The topological polar surface area (TPSA) is 66.6 Å². The number of nitrogens with two attached hydrogens (primary N) is 1. The van der Waals surface area contributed by atoms with Crippen LogP contribution in [-0.2, 0) is 23.2 Å². The van der Waals surface area contributed by atoms with Crippen molar-refractivity contribution in [2.24, 2.45) is 5.92 Å². The second-order valence-corrected chi connectivity index (χ2v) is 8.11. The van der Waals surface area contributed by atoms with Gasteiger partial charge in [0.2, 0.25) is 0 Å². The van der Waals surface area contributed by atoms with Crippen LogP contribution in [0.1, 0.15) is 30.9 Å². The van der Waals surface area contributed by atoms with Crippen molar-refractivity contribution >= 4 is 15.9 Å². The van der Waals surface area contributed by atoms with Crippen LogP contribution in [0.15, 0.2) is 18.2 Å². The van der Waals surface area contributed by atoms with E-state index in [1.54, 1.807) is 8.61 Å². The summed E-state index contributed by atoms with van der Waals surface area (Å²) in [7, 11) is -3.37. The molecular weight excluding hydrogens is 286 g/mol. The Hall–Kier alpha value is -1.11. The standard InChI is InChI=1S/C15H23N3O2S/c1-12-4-3-8-17(10-12)21(19,20)18-9-7-13-5-2-6-15(16)14(13)11-18/h2,5-6,12H,3-4,7-11,16H2,1H3. The van der Waals surface area contributed by atoms with E-state index in [-0.39, 0.29) is 0 Å². The minimum atomic E-state index is -3.37. The molecule has 0 aromatic heterocycles. The van der Waals surface area contributed by atoms with Gasteiger partial charge in [0.05, 0.1) is 0 Å². The van der Waals surface area contributed by atoms with Gasteiger partial charge in [0, 0.05) is 31.9 Å². The first-order chi connectivity index (χ1) is 9.98. The first-order valence-corrected chi connectivity index (χ1v) is 8.99. The Bertz CT molecular complexity index is 630. The molecule has 5 nitrogen and oxygen atoms in total. The summed E-state index contributed by atoms with van der Waals surface area (Å²) in [5.41, 5.74) is 8.85. The van der Waals surface area contributed by atoms with E-state index < -0.39 is 10.2 Å². The average molecular weight is 309 g/mol. The number of benzene rings is 1. The van der Waals surface area contributed by atoms with Gasteiger partial charge in [-0.15, -0.1) is 0 Å². The Balaban J connectivity index is 1.83. The Labute approximate surface area is 126 Å². The van der Waals surface area contributed by atoms with Gasteiger partial charge in [-0.25, -0.2) is 0 Å². The van der Waals surface area contributed by atoms with E-state index in [9.17, 15) is 8.42 Å². The summed E-state index contributed by atoms with van der Waals surface area (Å²) in [6.07, 6.45) is 2.80. The van der Waals surface area contributed by atoms with Gasteiger partial charge < -0.3 is 5.73 Å². The maximum Gasteiger partial charge on any atom is 0.282 e. The quantitative estimate of drug-likeness (QED) is 0.844. The zero-order valence-corrected chi connectivity index (χ0v) is 13.3. The maximum absolute atomic E-state index is 12.8. The molecule has 1 atom stereocenters. The molecule has 1 aromatic rings. The highest BCUT2D eigenvalue weighted by Crippen LogP contribution is 2.28. The number of piperidine rings is 1. The third-order valence-corrected chi connectivity index (χ3v) is 6.50. The molecule has 0 spiro atoms. The van der Waals surface area contributed by atoms with E-state index >= 15 is 0 Å². The van der Waals surface area contributed by atoms with Crippen molar-refractivity contribution in [3.05, 3.63) is 29.3 Å². The molecule has 0 amide bonds. The first-order valence-electron chi connectivity index (χ1n) is 7.60. The van der Waals surface area contributed by atoms with Crippen LogP contribution >= 0.6 is 0 Å². The second kappa shape index (κ2) is 5.59. The number of anilines is 1. The van der Waals surface area contributed by atoms with Crippen molar-refractivity contribution < 1.29 is 8.42 Å². The van der Waals surface area contributed by atoms with E-state index in [1.807, 2.05) is 18.2 Å². The van der Waals surface area contributed by atoms with Crippen molar-refractivity contribution in [2.75, 3.05) is 25.4 Å². The fourth-order valence-electron chi connectivity index (χ4n) is 3.30. The predicted molar refractivity (Wildman–Crippen MR) is 83.9 cm³/mol. The molecular formula is C15H23N3O2S. The number of nitrogen functional groups attached to an aromatic ring is 1. The molecule has 116 valence electrons. The van der Waals surface area contributed by atoms with E-state index in [1.165, 1.54) is 5.56 Å². The predicted octanol–water partition coefficient (Wildman–Crippen LogP) is 1.60. The molecule has 0 saturated carbocycles. The van der Waals surface area contributed by atoms with Crippen LogP contribution < -0.4 is 5.73 Å². The van der Waals surface area contributed by atoms with Gasteiger partial charge >= 0.3 is 0 Å². The van der Waals surface area contributed by atoms with Crippen LogP contribution in [-0.4, -0.2) is 36.7 Å². The van der Waals surface area contributed by atoms with Gasteiger partial charge in [0.25, 0.3) is 10.2 Å². The Kier molecular flexibility index (Phi) is 3.94. The van der Waals surface area contributed by atoms with Crippen molar-refractivity contribution in [3.63, 3.8) is 0 Å². The van der Waals surface area contributed by atoms with Crippen LogP contribution in [0.25, 0.3) is 0 Å². The lowest BCUT2D eigenvalue weighted by Crippen LogP contribution is -2.49. The Morgan fingerprint density at radius 3 is 2.81 bits per heavy atom. The van der Waals surface area contributed by atoms with Crippen LogP contribution in [0.2, 0.25) is 0 Å². The van der Waals surface area contributed by atoms with Crippen LogP contribution in [0.4, 0.5) is 5.69 Å². The van der Waals surface area contributed by atoms with Gasteiger partial charge in [-0.1, -0.05) is 19.1 Å². The van der Waals surface area contributed by atoms with Crippen molar-refractivity contribution in [3.8, 4) is 0 Å². The zero-order valence-electron chi connectivity index (χ0n) is 12.5. The molecule has 0 aliphatic carbocycles. The normalized spacial score (nSPS) is 24.7. The van der Waals surface area contributed by atoms with Crippen LogP contribution in [0.5, 0.6) is 0 Å². The third kappa shape index (κ3) is 2.80. The molecule has 1 fully saturated rings. The zero-order chi connectivity index (χ0) is 15.0. The van der Waals surface area contributed by atoms with E-state index in [4.69, 9.17) is 5.73 Å². The van der Waals surface area contributed by atoms with Crippen LogP contribution in [0.3, 0.4) is 0 Å². The molecule has 6 heteroatoms. The highest BCUT2D eigenvalue weighted by molar-refractivity contribution is 7.86. The van der Waals surface area contributed by atoms with Crippen molar-refractivity contribution in [2.45, 2.75) is 32.7 Å². The number of hydrogen-bond acceptors (Lipinski definition) is 3. The lowest BCUT2D eigenvalue weighted by atomic mass is 10.00. The molecule has 2 N–H and O–H groups in total. The maximum atomic E-state index is 12.8. The van der Waals surface area contributed by atoms with Crippen LogP contribution in [0, 0.1) is 5.92 Å². The van der Waals surface area contributed by atoms with E-state index in [0.29, 0.717) is 37.8 Å². The molecule has 1 unspecified atom stereocenters.